The molecular formula is C20H23NO2. The summed E-state index contributed by atoms with van der Waals surface area (Å²) in [6, 6.07) is 17.1. The van der Waals surface area contributed by atoms with Gasteiger partial charge in [-0.3, -0.25) is 0 Å². The van der Waals surface area contributed by atoms with Crippen LogP contribution in [0.4, 0.5) is 0 Å². The second-order valence-corrected chi connectivity index (χ2v) is 5.68. The van der Waals surface area contributed by atoms with E-state index < -0.39 is 6.10 Å². The number of aliphatic hydroxyl groups is 1. The Labute approximate surface area is 138 Å². The van der Waals surface area contributed by atoms with Crippen LogP contribution in [-0.2, 0) is 6.61 Å². The van der Waals surface area contributed by atoms with Crippen LogP contribution in [0.2, 0.25) is 0 Å². The molecule has 0 bridgehead atoms. The molecule has 2 aromatic rings. The number of nitriles is 1. The maximum Gasteiger partial charge on any atom is 0.120 e. The second-order valence-electron chi connectivity index (χ2n) is 5.68. The summed E-state index contributed by atoms with van der Waals surface area (Å²) >= 11 is 0. The van der Waals surface area contributed by atoms with Crippen molar-refractivity contribution < 1.29 is 9.84 Å². The van der Waals surface area contributed by atoms with Crippen molar-refractivity contribution in [3.05, 3.63) is 65.2 Å². The molecule has 120 valence electrons. The topological polar surface area (TPSA) is 53.2 Å². The first-order chi connectivity index (χ1) is 11.2. The van der Waals surface area contributed by atoms with E-state index >= 15 is 0 Å². The van der Waals surface area contributed by atoms with E-state index in [1.807, 2.05) is 42.5 Å². The lowest BCUT2D eigenvalue weighted by atomic mass is 10.0. The van der Waals surface area contributed by atoms with E-state index in [2.05, 4.69) is 13.0 Å². The molecule has 3 heteroatoms. The number of aliphatic hydroxyl groups excluding tert-OH is 1. The SMILES string of the molecule is CCCCC[C@H](O)c1cccc(OCc2cccc(C#N)c2)c1. The van der Waals surface area contributed by atoms with Gasteiger partial charge in [0.15, 0.2) is 0 Å². The summed E-state index contributed by atoms with van der Waals surface area (Å²) < 4.78 is 5.79. The number of hydrogen-bond acceptors (Lipinski definition) is 3. The third-order valence-corrected chi connectivity index (χ3v) is 3.79. The van der Waals surface area contributed by atoms with Crippen LogP contribution in [0.5, 0.6) is 5.75 Å². The van der Waals surface area contributed by atoms with Crippen LogP contribution in [0.15, 0.2) is 48.5 Å². The van der Waals surface area contributed by atoms with E-state index in [0.29, 0.717) is 12.2 Å². The highest BCUT2D eigenvalue weighted by Crippen LogP contribution is 2.24. The minimum absolute atomic E-state index is 0.408. The molecule has 1 N–H and O–H groups in total. The summed E-state index contributed by atoms with van der Waals surface area (Å²) in [5.74, 6) is 0.736. The van der Waals surface area contributed by atoms with E-state index in [1.54, 1.807) is 6.07 Å². The maximum atomic E-state index is 10.2. The van der Waals surface area contributed by atoms with Crippen LogP contribution in [0.1, 0.15) is 55.4 Å². The van der Waals surface area contributed by atoms with Gasteiger partial charge in [0.1, 0.15) is 12.4 Å². The monoisotopic (exact) mass is 309 g/mol. The number of rotatable bonds is 8. The van der Waals surface area contributed by atoms with Crippen LogP contribution < -0.4 is 4.74 Å². The van der Waals surface area contributed by atoms with Gasteiger partial charge in [-0.15, -0.1) is 0 Å². The molecule has 2 aromatic carbocycles. The minimum atomic E-state index is -0.438. The number of benzene rings is 2. The van der Waals surface area contributed by atoms with E-state index in [9.17, 15) is 5.11 Å². The first kappa shape index (κ1) is 17.1. The summed E-state index contributed by atoms with van der Waals surface area (Å²) in [6.07, 6.45) is 3.66. The Kier molecular flexibility index (Phi) is 6.65. The summed E-state index contributed by atoms with van der Waals surface area (Å²) in [4.78, 5) is 0. The summed E-state index contributed by atoms with van der Waals surface area (Å²) in [7, 11) is 0. The standard InChI is InChI=1S/C20H23NO2/c1-2-3-4-11-20(22)18-9-6-10-19(13-18)23-15-17-8-5-7-16(12-17)14-21/h5-10,12-13,20,22H,2-4,11,15H2,1H3/t20-/m0/s1. The molecule has 0 saturated carbocycles. The molecule has 0 radical (unpaired) electrons. The van der Waals surface area contributed by atoms with Gasteiger partial charge in [-0.2, -0.15) is 5.26 Å². The lowest BCUT2D eigenvalue weighted by Gasteiger charge is -2.13. The molecule has 0 aliphatic rings. The Hall–Kier alpha value is -2.31. The molecule has 0 aliphatic heterocycles. The molecule has 0 amide bonds. The fraction of sp³-hybridized carbons (Fsp3) is 0.350. The molecule has 0 aliphatic carbocycles. The average molecular weight is 309 g/mol. The van der Waals surface area contributed by atoms with Gasteiger partial charge in [0.25, 0.3) is 0 Å². The first-order valence-corrected chi connectivity index (χ1v) is 8.12. The van der Waals surface area contributed by atoms with E-state index in [-0.39, 0.29) is 0 Å². The fourth-order valence-corrected chi connectivity index (χ4v) is 2.46. The Morgan fingerprint density at radius 1 is 1.13 bits per heavy atom. The number of ether oxygens (including phenoxy) is 1. The van der Waals surface area contributed by atoms with Gasteiger partial charge >= 0.3 is 0 Å². The second kappa shape index (κ2) is 8.97. The molecule has 0 heterocycles. The molecule has 0 unspecified atom stereocenters. The molecule has 0 spiro atoms. The normalized spacial score (nSPS) is 11.7. The highest BCUT2D eigenvalue weighted by Gasteiger charge is 2.08. The van der Waals surface area contributed by atoms with Crippen LogP contribution in [-0.4, -0.2) is 5.11 Å². The fourth-order valence-electron chi connectivity index (χ4n) is 2.46. The predicted molar refractivity (Wildman–Crippen MR) is 91.0 cm³/mol. The Morgan fingerprint density at radius 2 is 1.96 bits per heavy atom. The van der Waals surface area contributed by atoms with Crippen LogP contribution in [0.3, 0.4) is 0 Å². The quantitative estimate of drug-likeness (QED) is 0.716. The molecular weight excluding hydrogens is 286 g/mol. The first-order valence-electron chi connectivity index (χ1n) is 8.12. The molecule has 0 saturated heterocycles. The number of hydrogen-bond donors (Lipinski definition) is 1. The van der Waals surface area contributed by atoms with Crippen LogP contribution in [0.25, 0.3) is 0 Å². The zero-order valence-corrected chi connectivity index (χ0v) is 13.5. The molecule has 0 aromatic heterocycles. The van der Waals surface area contributed by atoms with Crippen LogP contribution >= 0.6 is 0 Å². The molecule has 0 fully saturated rings. The van der Waals surface area contributed by atoms with Crippen molar-refractivity contribution in [2.24, 2.45) is 0 Å². The molecule has 23 heavy (non-hydrogen) atoms. The average Bonchev–Trinajstić information content (AvgIpc) is 2.60. The maximum absolute atomic E-state index is 10.2. The Morgan fingerprint density at radius 3 is 2.74 bits per heavy atom. The summed E-state index contributed by atoms with van der Waals surface area (Å²) in [5, 5.41) is 19.1. The third-order valence-electron chi connectivity index (χ3n) is 3.79. The Bertz CT molecular complexity index is 661. The van der Waals surface area contributed by atoms with Crippen LogP contribution in [0, 0.1) is 11.3 Å². The van der Waals surface area contributed by atoms with Crippen molar-refractivity contribution in [1.29, 1.82) is 5.26 Å². The van der Waals surface area contributed by atoms with Crippen molar-refractivity contribution >= 4 is 0 Å². The van der Waals surface area contributed by atoms with E-state index in [4.69, 9.17) is 10.00 Å². The van der Waals surface area contributed by atoms with Crippen molar-refractivity contribution in [2.45, 2.75) is 45.3 Å². The number of nitrogens with zero attached hydrogens (tertiary/aromatic N) is 1. The molecule has 1 atom stereocenters. The molecule has 3 nitrogen and oxygen atoms in total. The van der Waals surface area contributed by atoms with Gasteiger partial charge in [-0.25, -0.2) is 0 Å². The highest BCUT2D eigenvalue weighted by molar-refractivity contribution is 5.33. The highest BCUT2D eigenvalue weighted by atomic mass is 16.5. The van der Waals surface area contributed by atoms with Gasteiger partial charge in [-0.05, 0) is 41.8 Å². The van der Waals surface area contributed by atoms with E-state index in [1.165, 1.54) is 0 Å². The van der Waals surface area contributed by atoms with Gasteiger partial charge in [0.05, 0.1) is 17.7 Å². The zero-order chi connectivity index (χ0) is 16.5. The largest absolute Gasteiger partial charge is 0.489 e. The van der Waals surface area contributed by atoms with Gasteiger partial charge in [-0.1, -0.05) is 50.5 Å². The van der Waals surface area contributed by atoms with Crippen molar-refractivity contribution in [1.82, 2.24) is 0 Å². The third kappa shape index (κ3) is 5.43. The lowest BCUT2D eigenvalue weighted by molar-refractivity contribution is 0.163. The lowest BCUT2D eigenvalue weighted by Crippen LogP contribution is -2.00. The van der Waals surface area contributed by atoms with Crippen molar-refractivity contribution in [3.63, 3.8) is 0 Å². The predicted octanol–water partition coefficient (Wildman–Crippen LogP) is 4.75. The van der Waals surface area contributed by atoms with E-state index in [0.717, 1.165) is 42.6 Å². The van der Waals surface area contributed by atoms with Gasteiger partial charge < -0.3 is 9.84 Å². The van der Waals surface area contributed by atoms with Gasteiger partial charge in [0.2, 0.25) is 0 Å². The molecule has 2 rings (SSSR count). The summed E-state index contributed by atoms with van der Waals surface area (Å²) in [6.45, 7) is 2.56. The number of unbranched alkanes of at least 4 members (excludes halogenated alkanes) is 2. The minimum Gasteiger partial charge on any atom is -0.489 e. The van der Waals surface area contributed by atoms with Crippen molar-refractivity contribution in [2.75, 3.05) is 0 Å². The zero-order valence-electron chi connectivity index (χ0n) is 13.5. The Balaban J connectivity index is 1.95. The smallest absolute Gasteiger partial charge is 0.120 e. The van der Waals surface area contributed by atoms with Crippen molar-refractivity contribution in [3.8, 4) is 11.8 Å². The summed E-state index contributed by atoms with van der Waals surface area (Å²) in [5.41, 5.74) is 2.48. The van der Waals surface area contributed by atoms with Gasteiger partial charge in [0, 0.05) is 0 Å².